The maximum absolute atomic E-state index is 13.1. The molecule has 0 saturated carbocycles. The van der Waals surface area contributed by atoms with Gasteiger partial charge in [0.05, 0.1) is 18.1 Å². The second-order valence-corrected chi connectivity index (χ2v) is 6.22. The van der Waals surface area contributed by atoms with Gasteiger partial charge in [-0.1, -0.05) is 36.4 Å². The molecule has 1 N–H and O–H groups in total. The second kappa shape index (κ2) is 4.80. The number of benzene rings is 1. The summed E-state index contributed by atoms with van der Waals surface area (Å²) in [5.41, 5.74) is -0.104. The minimum atomic E-state index is -0.980. The summed E-state index contributed by atoms with van der Waals surface area (Å²) in [5.74, 6) is -2.66. The number of fused-ring (bicyclic) bond motifs is 1. The lowest BCUT2D eigenvalue weighted by atomic mass is 9.74. The first-order valence-electron chi connectivity index (χ1n) is 7.69. The molecule has 0 aromatic heterocycles. The number of carboxylic acids is 1. The molecule has 5 heteroatoms. The lowest BCUT2D eigenvalue weighted by Crippen LogP contribution is -2.45. The van der Waals surface area contributed by atoms with Gasteiger partial charge in [-0.25, -0.2) is 0 Å². The van der Waals surface area contributed by atoms with Gasteiger partial charge in [-0.3, -0.25) is 9.59 Å². The number of ether oxygens (including phenoxy) is 1. The second-order valence-electron chi connectivity index (χ2n) is 6.22. The van der Waals surface area contributed by atoms with Crippen molar-refractivity contribution in [2.75, 3.05) is 4.90 Å². The Morgan fingerprint density at radius 2 is 2.13 bits per heavy atom. The molecule has 1 amide bonds. The lowest BCUT2D eigenvalue weighted by molar-refractivity contribution is -0.146. The van der Waals surface area contributed by atoms with Crippen molar-refractivity contribution in [2.24, 2.45) is 11.8 Å². The first-order valence-corrected chi connectivity index (χ1v) is 7.69. The Morgan fingerprint density at radius 1 is 1.39 bits per heavy atom. The standard InChI is InChI=1S/C18H17NO4/c1-2-6-13-18-10-9-12(23-18)14(17(21)22)15(18)16(20)19(13)11-7-4-3-5-8-11/h2-5,7-10,12-15H,1,6H2,(H,21,22)/t12-,13+,14-,15-,18+/m0/s1. The molecule has 1 spiro atoms. The summed E-state index contributed by atoms with van der Waals surface area (Å²) >= 11 is 0. The molecule has 0 aliphatic carbocycles. The number of rotatable bonds is 4. The van der Waals surface area contributed by atoms with E-state index < -0.39 is 29.5 Å². The van der Waals surface area contributed by atoms with Gasteiger partial charge in [0.1, 0.15) is 11.5 Å². The maximum atomic E-state index is 13.1. The molecule has 0 radical (unpaired) electrons. The third kappa shape index (κ3) is 1.71. The molecule has 3 heterocycles. The Morgan fingerprint density at radius 3 is 2.78 bits per heavy atom. The van der Waals surface area contributed by atoms with Crippen LogP contribution in [0.3, 0.4) is 0 Å². The van der Waals surface area contributed by atoms with E-state index in [0.717, 1.165) is 5.69 Å². The van der Waals surface area contributed by atoms with Crippen molar-refractivity contribution in [3.8, 4) is 0 Å². The summed E-state index contributed by atoms with van der Waals surface area (Å²) in [6, 6.07) is 9.05. The van der Waals surface area contributed by atoms with Gasteiger partial charge in [0.25, 0.3) is 0 Å². The third-order valence-corrected chi connectivity index (χ3v) is 5.13. The summed E-state index contributed by atoms with van der Waals surface area (Å²) in [5, 5.41) is 9.57. The topological polar surface area (TPSA) is 66.8 Å². The molecule has 5 nitrogen and oxygen atoms in total. The van der Waals surface area contributed by atoms with Crippen LogP contribution in [0.4, 0.5) is 5.69 Å². The number of carbonyl (C=O) groups excluding carboxylic acids is 1. The third-order valence-electron chi connectivity index (χ3n) is 5.13. The molecule has 3 aliphatic rings. The average molecular weight is 311 g/mol. The molecule has 0 unspecified atom stereocenters. The zero-order valence-corrected chi connectivity index (χ0v) is 12.5. The number of aliphatic carboxylic acids is 1. The number of hydrogen-bond acceptors (Lipinski definition) is 3. The van der Waals surface area contributed by atoms with Crippen LogP contribution in [0.2, 0.25) is 0 Å². The number of nitrogens with zero attached hydrogens (tertiary/aromatic N) is 1. The lowest BCUT2D eigenvalue weighted by Gasteiger charge is -2.32. The van der Waals surface area contributed by atoms with Crippen molar-refractivity contribution in [1.29, 1.82) is 0 Å². The van der Waals surface area contributed by atoms with Gasteiger partial charge in [0, 0.05) is 5.69 Å². The molecule has 2 fully saturated rings. The van der Waals surface area contributed by atoms with Gasteiger partial charge in [0.15, 0.2) is 0 Å². The van der Waals surface area contributed by atoms with E-state index in [0.29, 0.717) is 6.42 Å². The van der Waals surface area contributed by atoms with Crippen LogP contribution in [-0.2, 0) is 14.3 Å². The molecule has 118 valence electrons. The van der Waals surface area contributed by atoms with Gasteiger partial charge in [0.2, 0.25) is 5.91 Å². The number of amides is 1. The highest BCUT2D eigenvalue weighted by Crippen LogP contribution is 2.56. The van der Waals surface area contributed by atoms with Crippen molar-refractivity contribution >= 4 is 17.6 Å². The van der Waals surface area contributed by atoms with E-state index in [9.17, 15) is 14.7 Å². The van der Waals surface area contributed by atoms with Crippen LogP contribution in [0.25, 0.3) is 0 Å². The van der Waals surface area contributed by atoms with Crippen molar-refractivity contribution in [3.63, 3.8) is 0 Å². The predicted molar refractivity (Wildman–Crippen MR) is 83.9 cm³/mol. The highest BCUT2D eigenvalue weighted by molar-refractivity contribution is 6.03. The van der Waals surface area contributed by atoms with Crippen LogP contribution in [0.5, 0.6) is 0 Å². The van der Waals surface area contributed by atoms with Gasteiger partial charge in [-0.15, -0.1) is 6.58 Å². The largest absolute Gasteiger partial charge is 0.481 e. The van der Waals surface area contributed by atoms with Crippen molar-refractivity contribution < 1.29 is 19.4 Å². The molecule has 1 aromatic rings. The van der Waals surface area contributed by atoms with Gasteiger partial charge < -0.3 is 14.7 Å². The van der Waals surface area contributed by atoms with E-state index in [1.165, 1.54) is 0 Å². The Hall–Kier alpha value is -2.40. The average Bonchev–Trinajstić information content (AvgIpc) is 3.18. The highest BCUT2D eigenvalue weighted by atomic mass is 16.5. The summed E-state index contributed by atoms with van der Waals surface area (Å²) < 4.78 is 6.04. The Balaban J connectivity index is 1.85. The molecule has 3 aliphatic heterocycles. The van der Waals surface area contributed by atoms with Crippen LogP contribution in [0.1, 0.15) is 6.42 Å². The summed E-state index contributed by atoms with van der Waals surface area (Å²) in [4.78, 5) is 26.5. The minimum Gasteiger partial charge on any atom is -0.481 e. The van der Waals surface area contributed by atoms with Gasteiger partial charge >= 0.3 is 5.97 Å². The van der Waals surface area contributed by atoms with Crippen molar-refractivity contribution in [2.45, 2.75) is 24.2 Å². The normalized spacial score (nSPS) is 37.2. The van der Waals surface area contributed by atoms with E-state index >= 15 is 0 Å². The highest BCUT2D eigenvalue weighted by Gasteiger charge is 2.71. The fraction of sp³-hybridized carbons (Fsp3) is 0.333. The fourth-order valence-electron chi connectivity index (χ4n) is 4.27. The SMILES string of the molecule is C=CC[C@H]1N(c2ccccc2)C(=O)[C@@H]2[C@@H](C(=O)O)[C@@H]3C=C[C@]21O3. The summed E-state index contributed by atoms with van der Waals surface area (Å²) in [7, 11) is 0. The van der Waals surface area contributed by atoms with Crippen LogP contribution < -0.4 is 4.90 Å². The zero-order valence-electron chi connectivity index (χ0n) is 12.5. The van der Waals surface area contributed by atoms with Crippen molar-refractivity contribution in [3.05, 3.63) is 55.1 Å². The number of anilines is 1. The van der Waals surface area contributed by atoms with E-state index in [4.69, 9.17) is 4.74 Å². The first-order chi connectivity index (χ1) is 11.1. The monoisotopic (exact) mass is 311 g/mol. The Labute approximate surface area is 133 Å². The molecular weight excluding hydrogens is 294 g/mol. The van der Waals surface area contributed by atoms with Gasteiger partial charge in [-0.2, -0.15) is 0 Å². The summed E-state index contributed by atoms with van der Waals surface area (Å²) in [6.45, 7) is 3.79. The van der Waals surface area contributed by atoms with Crippen molar-refractivity contribution in [1.82, 2.24) is 0 Å². The maximum Gasteiger partial charge on any atom is 0.310 e. The van der Waals surface area contributed by atoms with Crippen LogP contribution in [0.15, 0.2) is 55.1 Å². The van der Waals surface area contributed by atoms with Crippen LogP contribution in [-0.4, -0.2) is 34.7 Å². The first kappa shape index (κ1) is 14.2. The molecular formula is C18H17NO4. The minimum absolute atomic E-state index is 0.178. The van der Waals surface area contributed by atoms with Crippen LogP contribution in [0, 0.1) is 11.8 Å². The smallest absolute Gasteiger partial charge is 0.310 e. The van der Waals surface area contributed by atoms with Crippen LogP contribution >= 0.6 is 0 Å². The van der Waals surface area contributed by atoms with Gasteiger partial charge in [-0.05, 0) is 18.6 Å². The fourth-order valence-corrected chi connectivity index (χ4v) is 4.27. The zero-order chi connectivity index (χ0) is 16.2. The number of carbonyl (C=O) groups is 2. The quantitative estimate of drug-likeness (QED) is 0.864. The molecule has 2 bridgehead atoms. The molecule has 2 saturated heterocycles. The Bertz CT molecular complexity index is 713. The van der Waals surface area contributed by atoms with E-state index in [2.05, 4.69) is 6.58 Å². The number of carboxylic acid groups (broad SMARTS) is 1. The molecule has 4 rings (SSSR count). The van der Waals surface area contributed by atoms with E-state index in [1.54, 1.807) is 17.1 Å². The summed E-state index contributed by atoms with van der Waals surface area (Å²) in [6.07, 6.45) is 5.44. The number of hydrogen-bond donors (Lipinski definition) is 1. The van der Waals surface area contributed by atoms with E-state index in [-0.39, 0.29) is 11.9 Å². The van der Waals surface area contributed by atoms with E-state index in [1.807, 2.05) is 36.4 Å². The predicted octanol–water partition coefficient (Wildman–Crippen LogP) is 2.00. The molecule has 5 atom stereocenters. The number of para-hydroxylation sites is 1. The molecule has 1 aromatic carbocycles. The molecule has 23 heavy (non-hydrogen) atoms. The Kier molecular flexibility index (Phi) is 2.96.